The van der Waals surface area contributed by atoms with Crippen LogP contribution in [0.3, 0.4) is 0 Å². The summed E-state index contributed by atoms with van der Waals surface area (Å²) in [5.41, 5.74) is 2.85. The first-order valence-electron chi connectivity index (χ1n) is 6.69. The zero-order valence-corrected chi connectivity index (χ0v) is 13.6. The molecule has 120 valence electrons. The van der Waals surface area contributed by atoms with Crippen LogP contribution in [-0.4, -0.2) is 41.8 Å². The number of nitrogens with zero attached hydrogens (tertiary/aromatic N) is 4. The predicted octanol–water partition coefficient (Wildman–Crippen LogP) is 1.79. The van der Waals surface area contributed by atoms with Crippen molar-refractivity contribution in [1.29, 1.82) is 0 Å². The van der Waals surface area contributed by atoms with Crippen molar-refractivity contribution < 1.29 is 19.1 Å². The molecule has 0 amide bonds. The SMILES string of the molecule is C=C([C@H](C)OCP(=O)(O)O)[C@@H](C)n1cnc2c(C)ncnc21. The first kappa shape index (κ1) is 16.8. The summed E-state index contributed by atoms with van der Waals surface area (Å²) >= 11 is 0. The Morgan fingerprint density at radius 2 is 2.09 bits per heavy atom. The summed E-state index contributed by atoms with van der Waals surface area (Å²) in [5, 5.41) is 0. The molecule has 9 heteroatoms. The summed E-state index contributed by atoms with van der Waals surface area (Å²) in [5.74, 6) is 0. The van der Waals surface area contributed by atoms with Gasteiger partial charge in [0.15, 0.2) is 5.65 Å². The largest absolute Gasteiger partial charge is 0.361 e. The molecule has 0 saturated heterocycles. The Hall–Kier alpha value is -1.60. The van der Waals surface area contributed by atoms with E-state index in [1.54, 1.807) is 13.3 Å². The van der Waals surface area contributed by atoms with Crippen LogP contribution in [0.5, 0.6) is 0 Å². The van der Waals surface area contributed by atoms with Gasteiger partial charge in [-0.05, 0) is 26.3 Å². The molecule has 0 aliphatic heterocycles. The smallest absolute Gasteiger partial charge is 0.351 e. The maximum Gasteiger partial charge on any atom is 0.351 e. The number of rotatable bonds is 6. The van der Waals surface area contributed by atoms with Gasteiger partial charge in [-0.1, -0.05) is 6.58 Å². The van der Waals surface area contributed by atoms with Gasteiger partial charge in [-0.3, -0.25) is 4.57 Å². The number of hydrogen-bond acceptors (Lipinski definition) is 5. The molecule has 0 aliphatic carbocycles. The van der Waals surface area contributed by atoms with Crippen LogP contribution in [0.15, 0.2) is 24.8 Å². The summed E-state index contributed by atoms with van der Waals surface area (Å²) < 4.78 is 17.9. The Morgan fingerprint density at radius 3 is 2.73 bits per heavy atom. The fourth-order valence-corrected chi connectivity index (χ4v) is 2.50. The molecule has 2 aromatic heterocycles. The lowest BCUT2D eigenvalue weighted by molar-refractivity contribution is 0.107. The van der Waals surface area contributed by atoms with Crippen LogP contribution < -0.4 is 0 Å². The molecule has 2 heterocycles. The van der Waals surface area contributed by atoms with Gasteiger partial charge in [0, 0.05) is 0 Å². The fraction of sp³-hybridized carbons (Fsp3) is 0.462. The third-order valence-corrected chi connectivity index (χ3v) is 4.00. The lowest BCUT2D eigenvalue weighted by Gasteiger charge is -2.22. The van der Waals surface area contributed by atoms with Crippen LogP contribution in [0.25, 0.3) is 11.2 Å². The molecule has 0 unspecified atom stereocenters. The van der Waals surface area contributed by atoms with Crippen molar-refractivity contribution in [3.05, 3.63) is 30.5 Å². The van der Waals surface area contributed by atoms with Crippen molar-refractivity contribution in [2.24, 2.45) is 0 Å². The second-order valence-corrected chi connectivity index (χ2v) is 6.72. The Morgan fingerprint density at radius 1 is 1.41 bits per heavy atom. The van der Waals surface area contributed by atoms with E-state index in [1.165, 1.54) is 6.33 Å². The minimum absolute atomic E-state index is 0.189. The minimum Gasteiger partial charge on any atom is -0.361 e. The molecule has 22 heavy (non-hydrogen) atoms. The number of hydrogen-bond donors (Lipinski definition) is 2. The normalized spacial score (nSPS) is 15.0. The van der Waals surface area contributed by atoms with Gasteiger partial charge in [0.1, 0.15) is 18.2 Å². The highest BCUT2D eigenvalue weighted by Gasteiger charge is 2.22. The molecule has 8 nitrogen and oxygen atoms in total. The number of aromatic nitrogens is 4. The van der Waals surface area contributed by atoms with Gasteiger partial charge in [0.05, 0.1) is 24.2 Å². The highest BCUT2D eigenvalue weighted by Crippen LogP contribution is 2.35. The van der Waals surface area contributed by atoms with Crippen molar-refractivity contribution in [2.45, 2.75) is 32.9 Å². The highest BCUT2D eigenvalue weighted by atomic mass is 31.2. The molecule has 0 bridgehead atoms. The van der Waals surface area contributed by atoms with Gasteiger partial charge in [0.2, 0.25) is 0 Å². The quantitative estimate of drug-likeness (QED) is 0.615. The van der Waals surface area contributed by atoms with Gasteiger partial charge in [-0.25, -0.2) is 15.0 Å². The third kappa shape index (κ3) is 3.59. The second-order valence-electron chi connectivity index (χ2n) is 5.14. The van der Waals surface area contributed by atoms with Gasteiger partial charge in [-0.15, -0.1) is 0 Å². The number of imidazole rings is 1. The Balaban J connectivity index is 2.19. The van der Waals surface area contributed by atoms with Gasteiger partial charge in [-0.2, -0.15) is 0 Å². The fourth-order valence-electron chi connectivity index (χ4n) is 2.09. The zero-order chi connectivity index (χ0) is 16.5. The van der Waals surface area contributed by atoms with E-state index in [0.29, 0.717) is 16.7 Å². The van der Waals surface area contributed by atoms with Crippen molar-refractivity contribution in [3.8, 4) is 0 Å². The van der Waals surface area contributed by atoms with E-state index < -0.39 is 20.0 Å². The lowest BCUT2D eigenvalue weighted by atomic mass is 10.1. The van der Waals surface area contributed by atoms with Gasteiger partial charge >= 0.3 is 7.60 Å². The van der Waals surface area contributed by atoms with Crippen LogP contribution in [0.4, 0.5) is 0 Å². The monoisotopic (exact) mass is 326 g/mol. The zero-order valence-electron chi connectivity index (χ0n) is 12.7. The van der Waals surface area contributed by atoms with Crippen LogP contribution in [0, 0.1) is 6.92 Å². The number of fused-ring (bicyclic) bond motifs is 1. The molecule has 0 saturated carbocycles. The average Bonchev–Trinajstić information content (AvgIpc) is 2.87. The van der Waals surface area contributed by atoms with Crippen LogP contribution in [-0.2, 0) is 9.30 Å². The van der Waals surface area contributed by atoms with Crippen molar-refractivity contribution in [3.63, 3.8) is 0 Å². The maximum absolute atomic E-state index is 10.9. The second kappa shape index (κ2) is 6.26. The summed E-state index contributed by atoms with van der Waals surface area (Å²) in [7, 11) is -4.20. The van der Waals surface area contributed by atoms with E-state index in [4.69, 9.17) is 14.5 Å². The van der Waals surface area contributed by atoms with E-state index >= 15 is 0 Å². The summed E-state index contributed by atoms with van der Waals surface area (Å²) in [6, 6.07) is -0.189. The summed E-state index contributed by atoms with van der Waals surface area (Å²) in [6.45, 7) is 9.43. The molecule has 2 rings (SSSR count). The van der Waals surface area contributed by atoms with E-state index in [2.05, 4.69) is 21.5 Å². The molecular formula is C13H19N4O4P. The lowest BCUT2D eigenvalue weighted by Crippen LogP contribution is -2.19. The number of ether oxygens (including phenoxy) is 1. The minimum atomic E-state index is -4.20. The Kier molecular flexibility index (Phi) is 4.77. The molecule has 2 N–H and O–H groups in total. The van der Waals surface area contributed by atoms with E-state index in [1.807, 2.05) is 18.4 Å². The summed E-state index contributed by atoms with van der Waals surface area (Å²) in [4.78, 5) is 30.4. The third-order valence-electron chi connectivity index (χ3n) is 3.51. The summed E-state index contributed by atoms with van der Waals surface area (Å²) in [6.07, 6.45) is 1.98. The maximum atomic E-state index is 10.9. The highest BCUT2D eigenvalue weighted by molar-refractivity contribution is 7.51. The first-order valence-corrected chi connectivity index (χ1v) is 8.49. The molecular weight excluding hydrogens is 307 g/mol. The van der Waals surface area contributed by atoms with Crippen molar-refractivity contribution in [1.82, 2.24) is 19.5 Å². The van der Waals surface area contributed by atoms with Crippen LogP contribution in [0.1, 0.15) is 25.6 Å². The number of aryl methyl sites for hydroxylation is 1. The molecule has 0 aliphatic rings. The van der Waals surface area contributed by atoms with E-state index in [-0.39, 0.29) is 6.04 Å². The Labute approximate surface area is 128 Å². The molecule has 0 radical (unpaired) electrons. The molecule has 0 fully saturated rings. The topological polar surface area (TPSA) is 110 Å². The Bertz CT molecular complexity index is 739. The van der Waals surface area contributed by atoms with Gasteiger partial charge < -0.3 is 19.1 Å². The van der Waals surface area contributed by atoms with Crippen LogP contribution in [0.2, 0.25) is 0 Å². The van der Waals surface area contributed by atoms with Crippen LogP contribution >= 0.6 is 7.60 Å². The van der Waals surface area contributed by atoms with Crippen molar-refractivity contribution in [2.75, 3.05) is 6.35 Å². The standard InChI is InChI=1S/C13H19N4O4P/c1-8(11(4)21-7-22(18,19)20)10(3)17-6-16-12-9(2)14-5-15-13(12)17/h5-6,10-11H,1,7H2,2-4H3,(H2,18,19,20)/t10-,11+/m1/s1. The molecule has 2 aromatic rings. The van der Waals surface area contributed by atoms with Gasteiger partial charge in [0.25, 0.3) is 0 Å². The van der Waals surface area contributed by atoms with E-state index in [0.717, 1.165) is 5.69 Å². The predicted molar refractivity (Wildman–Crippen MR) is 81.4 cm³/mol. The average molecular weight is 326 g/mol. The first-order chi connectivity index (χ1) is 10.2. The van der Waals surface area contributed by atoms with Crippen molar-refractivity contribution >= 4 is 18.8 Å². The molecule has 2 atom stereocenters. The molecule has 0 aromatic carbocycles. The molecule has 0 spiro atoms. The van der Waals surface area contributed by atoms with E-state index in [9.17, 15) is 4.57 Å².